The minimum atomic E-state index is -0.929. The van der Waals surface area contributed by atoms with Gasteiger partial charge in [0.25, 0.3) is 0 Å². The fourth-order valence-electron chi connectivity index (χ4n) is 3.17. The zero-order chi connectivity index (χ0) is 12.6. The van der Waals surface area contributed by atoms with Crippen LogP contribution < -0.4 is 0 Å². The minimum absolute atomic E-state index is 0.879. The van der Waals surface area contributed by atoms with Crippen molar-refractivity contribution in [3.8, 4) is 0 Å². The highest BCUT2D eigenvalue weighted by Gasteiger charge is 2.26. The maximum absolute atomic E-state index is 5.97. The van der Waals surface area contributed by atoms with E-state index in [0.717, 1.165) is 19.1 Å². The first-order chi connectivity index (χ1) is 8.26. The lowest BCUT2D eigenvalue weighted by molar-refractivity contribution is 0.0941. The van der Waals surface area contributed by atoms with Crippen LogP contribution in [0.2, 0.25) is 24.2 Å². The summed E-state index contributed by atoms with van der Waals surface area (Å²) in [5.41, 5.74) is 0. The Kier molecular flexibility index (Phi) is 7.45. The van der Waals surface area contributed by atoms with Gasteiger partial charge in [-0.3, -0.25) is 0 Å². The SMILES string of the molecule is CC[Si](CC)(CC)CCOCC1CCCCC1. The van der Waals surface area contributed by atoms with E-state index < -0.39 is 8.07 Å². The highest BCUT2D eigenvalue weighted by molar-refractivity contribution is 6.79. The van der Waals surface area contributed by atoms with Crippen LogP contribution in [0, 0.1) is 5.92 Å². The quantitative estimate of drug-likeness (QED) is 0.434. The molecular formula is C15H32OSi. The molecule has 0 spiro atoms. The zero-order valence-corrected chi connectivity index (χ0v) is 13.3. The Morgan fingerprint density at radius 3 is 2.06 bits per heavy atom. The third kappa shape index (κ3) is 5.13. The number of rotatable bonds is 8. The van der Waals surface area contributed by atoms with E-state index in [-0.39, 0.29) is 0 Å². The average Bonchev–Trinajstić information content (AvgIpc) is 2.41. The third-order valence-corrected chi connectivity index (χ3v) is 10.9. The van der Waals surface area contributed by atoms with Crippen LogP contribution >= 0.6 is 0 Å². The average molecular weight is 257 g/mol. The van der Waals surface area contributed by atoms with Gasteiger partial charge in [0.15, 0.2) is 0 Å². The summed E-state index contributed by atoms with van der Waals surface area (Å²) in [5.74, 6) is 0.879. The van der Waals surface area contributed by atoms with Crippen molar-refractivity contribution in [3.63, 3.8) is 0 Å². The van der Waals surface area contributed by atoms with Crippen molar-refractivity contribution in [3.05, 3.63) is 0 Å². The lowest BCUT2D eigenvalue weighted by Crippen LogP contribution is -2.32. The van der Waals surface area contributed by atoms with E-state index in [1.165, 1.54) is 56.3 Å². The van der Waals surface area contributed by atoms with Gasteiger partial charge in [0.2, 0.25) is 0 Å². The number of hydrogen-bond donors (Lipinski definition) is 0. The lowest BCUT2D eigenvalue weighted by atomic mass is 9.90. The minimum Gasteiger partial charge on any atom is -0.381 e. The van der Waals surface area contributed by atoms with E-state index in [9.17, 15) is 0 Å². The molecule has 1 nitrogen and oxygen atoms in total. The van der Waals surface area contributed by atoms with Crippen LogP contribution in [-0.4, -0.2) is 21.3 Å². The fraction of sp³-hybridized carbons (Fsp3) is 1.00. The Morgan fingerprint density at radius 1 is 0.941 bits per heavy atom. The van der Waals surface area contributed by atoms with Crippen LogP contribution in [0.25, 0.3) is 0 Å². The monoisotopic (exact) mass is 256 g/mol. The van der Waals surface area contributed by atoms with Gasteiger partial charge in [0, 0.05) is 13.2 Å². The number of hydrogen-bond acceptors (Lipinski definition) is 1. The predicted molar refractivity (Wildman–Crippen MR) is 79.4 cm³/mol. The van der Waals surface area contributed by atoms with E-state index in [1.807, 2.05) is 0 Å². The van der Waals surface area contributed by atoms with Gasteiger partial charge < -0.3 is 4.74 Å². The fourth-order valence-corrected chi connectivity index (χ4v) is 6.31. The van der Waals surface area contributed by atoms with Crippen molar-refractivity contribution < 1.29 is 4.74 Å². The van der Waals surface area contributed by atoms with Crippen molar-refractivity contribution in [2.75, 3.05) is 13.2 Å². The van der Waals surface area contributed by atoms with Gasteiger partial charge in [-0.15, -0.1) is 0 Å². The summed E-state index contributed by atoms with van der Waals surface area (Å²) in [6.07, 6.45) is 7.15. The second-order valence-electron chi connectivity index (χ2n) is 5.89. The summed E-state index contributed by atoms with van der Waals surface area (Å²) in [7, 11) is -0.929. The van der Waals surface area contributed by atoms with Crippen LogP contribution in [0.1, 0.15) is 52.9 Å². The number of ether oxygens (including phenoxy) is 1. The molecule has 0 aliphatic heterocycles. The summed E-state index contributed by atoms with van der Waals surface area (Å²) in [6, 6.07) is 5.70. The third-order valence-electron chi connectivity index (χ3n) is 5.11. The van der Waals surface area contributed by atoms with Crippen molar-refractivity contribution in [1.82, 2.24) is 0 Å². The first kappa shape index (κ1) is 15.2. The van der Waals surface area contributed by atoms with Gasteiger partial charge in [0.1, 0.15) is 0 Å². The molecule has 0 aromatic rings. The van der Waals surface area contributed by atoms with E-state index >= 15 is 0 Å². The van der Waals surface area contributed by atoms with Crippen molar-refractivity contribution in [2.45, 2.75) is 77.1 Å². The van der Waals surface area contributed by atoms with Crippen molar-refractivity contribution in [1.29, 1.82) is 0 Å². The Labute approximate surface area is 109 Å². The summed E-state index contributed by atoms with van der Waals surface area (Å²) >= 11 is 0. The van der Waals surface area contributed by atoms with Crippen molar-refractivity contribution >= 4 is 8.07 Å². The molecule has 17 heavy (non-hydrogen) atoms. The molecular weight excluding hydrogens is 224 g/mol. The zero-order valence-electron chi connectivity index (χ0n) is 12.3. The molecule has 0 atom stereocenters. The topological polar surface area (TPSA) is 9.23 Å². The first-order valence-electron chi connectivity index (χ1n) is 7.84. The Bertz CT molecular complexity index is 175. The first-order valence-corrected chi connectivity index (χ1v) is 10.7. The molecule has 1 rings (SSSR count). The molecule has 0 amide bonds. The van der Waals surface area contributed by atoms with E-state index in [2.05, 4.69) is 20.8 Å². The molecule has 0 unspecified atom stereocenters. The van der Waals surface area contributed by atoms with Gasteiger partial charge in [-0.25, -0.2) is 0 Å². The van der Waals surface area contributed by atoms with Gasteiger partial charge in [-0.1, -0.05) is 58.2 Å². The molecule has 0 bridgehead atoms. The van der Waals surface area contributed by atoms with E-state index in [0.29, 0.717) is 0 Å². The normalized spacial score (nSPS) is 18.5. The molecule has 1 aliphatic rings. The molecule has 0 radical (unpaired) electrons. The molecule has 0 aromatic carbocycles. The second kappa shape index (κ2) is 8.31. The van der Waals surface area contributed by atoms with Crippen LogP contribution in [0.4, 0.5) is 0 Å². The highest BCUT2D eigenvalue weighted by Crippen LogP contribution is 2.26. The lowest BCUT2D eigenvalue weighted by Gasteiger charge is -2.28. The molecule has 1 saturated carbocycles. The smallest absolute Gasteiger partial charge is 0.0550 e. The second-order valence-corrected chi connectivity index (χ2v) is 11.5. The summed E-state index contributed by atoms with van der Waals surface area (Å²) in [6.45, 7) is 9.25. The van der Waals surface area contributed by atoms with Gasteiger partial charge in [0.05, 0.1) is 8.07 Å². The molecule has 1 aliphatic carbocycles. The largest absolute Gasteiger partial charge is 0.381 e. The Morgan fingerprint density at radius 2 is 1.53 bits per heavy atom. The molecule has 0 aromatic heterocycles. The predicted octanol–water partition coefficient (Wildman–Crippen LogP) is 5.09. The van der Waals surface area contributed by atoms with Crippen LogP contribution in [0.5, 0.6) is 0 Å². The standard InChI is InChI=1S/C15H32OSi/c1-4-17(5-2,6-3)13-12-16-14-15-10-8-7-9-11-15/h15H,4-14H2,1-3H3. The summed E-state index contributed by atoms with van der Waals surface area (Å²) < 4.78 is 5.97. The Hall–Kier alpha value is 0.177. The molecule has 2 heteroatoms. The van der Waals surface area contributed by atoms with Crippen LogP contribution in [0.3, 0.4) is 0 Å². The summed E-state index contributed by atoms with van der Waals surface area (Å²) in [5, 5.41) is 0. The van der Waals surface area contributed by atoms with Gasteiger partial charge in [-0.05, 0) is 24.8 Å². The molecule has 0 heterocycles. The van der Waals surface area contributed by atoms with Crippen molar-refractivity contribution in [2.24, 2.45) is 5.92 Å². The maximum Gasteiger partial charge on any atom is 0.0550 e. The maximum atomic E-state index is 5.97. The molecule has 1 fully saturated rings. The Balaban J connectivity index is 2.13. The van der Waals surface area contributed by atoms with Gasteiger partial charge in [-0.2, -0.15) is 0 Å². The molecule has 0 saturated heterocycles. The van der Waals surface area contributed by atoms with Gasteiger partial charge >= 0.3 is 0 Å². The molecule has 0 N–H and O–H groups in total. The van der Waals surface area contributed by atoms with Crippen LogP contribution in [0.15, 0.2) is 0 Å². The highest BCUT2D eigenvalue weighted by atomic mass is 28.3. The van der Waals surface area contributed by atoms with Crippen LogP contribution in [-0.2, 0) is 4.74 Å². The molecule has 102 valence electrons. The summed E-state index contributed by atoms with van der Waals surface area (Å²) in [4.78, 5) is 0. The van der Waals surface area contributed by atoms with E-state index in [1.54, 1.807) is 0 Å². The van der Waals surface area contributed by atoms with E-state index in [4.69, 9.17) is 4.74 Å².